The molecule has 78 heavy (non-hydrogen) atoms. The average molecular weight is 1080 g/mol. The van der Waals surface area contributed by atoms with E-state index in [1.807, 2.05) is 25.1 Å². The van der Waals surface area contributed by atoms with Gasteiger partial charge in [0.05, 0.1) is 0 Å². The highest BCUT2D eigenvalue weighted by atomic mass is 19.2. The van der Waals surface area contributed by atoms with Gasteiger partial charge in [0, 0.05) is 62.8 Å². The number of halogens is 2. The monoisotopic (exact) mass is 1080 g/mol. The summed E-state index contributed by atoms with van der Waals surface area (Å²) in [5.74, 6) is -10.00. The van der Waals surface area contributed by atoms with E-state index in [4.69, 9.17) is 16.9 Å². The zero-order valence-electron chi connectivity index (χ0n) is 43.7. The number of benzene rings is 3. The Morgan fingerprint density at radius 1 is 0.718 bits per heavy atom. The second-order valence-electron chi connectivity index (χ2n) is 19.2. The van der Waals surface area contributed by atoms with Crippen molar-refractivity contribution in [3.8, 4) is 0 Å². The van der Waals surface area contributed by atoms with E-state index in [2.05, 4.69) is 52.8 Å². The molecule has 1 saturated heterocycles. The molecule has 0 spiro atoms. The van der Waals surface area contributed by atoms with Crippen LogP contribution in [0.3, 0.4) is 0 Å². The van der Waals surface area contributed by atoms with Crippen LogP contribution >= 0.6 is 0 Å². The molecular weight excluding hydrogens is 1010 g/mol. The Labute approximate surface area is 450 Å². The minimum Gasteiger partial charge on any atom is -0.370 e. The number of rotatable bonds is 17. The number of aromatic nitrogens is 1. The zero-order valence-corrected chi connectivity index (χ0v) is 43.7. The molecule has 1 aliphatic rings. The summed E-state index contributed by atoms with van der Waals surface area (Å²) in [5, 5.41) is 32.4. The summed E-state index contributed by atoms with van der Waals surface area (Å²) >= 11 is 0. The molecule has 1 aromatic heterocycles. The van der Waals surface area contributed by atoms with Crippen LogP contribution in [0.4, 0.5) is 8.78 Å². The third-order valence-electron chi connectivity index (χ3n) is 13.1. The summed E-state index contributed by atoms with van der Waals surface area (Å²) in [5.41, 5.74) is 13.3. The third-order valence-corrected chi connectivity index (χ3v) is 13.1. The van der Waals surface area contributed by atoms with E-state index < -0.39 is 114 Å². The number of fused-ring (bicyclic) bond motifs is 1. The molecule has 15 N–H and O–H groups in total. The Morgan fingerprint density at radius 3 is 2.01 bits per heavy atom. The number of hydrogen-bond acceptors (Lipinski definition) is 10. The number of nitrogens with two attached hydrogens (primary N) is 2. The van der Waals surface area contributed by atoms with Crippen LogP contribution in [0.15, 0.2) is 79.0 Å². The van der Waals surface area contributed by atoms with Crippen molar-refractivity contribution in [2.75, 3.05) is 13.1 Å². The first-order valence-corrected chi connectivity index (χ1v) is 26.1. The van der Waals surface area contributed by atoms with Gasteiger partial charge in [-0.1, -0.05) is 74.4 Å². The molecule has 9 amide bonds. The number of carbonyl (C=O) groups excluding carboxylic acids is 9. The summed E-state index contributed by atoms with van der Waals surface area (Å²) in [6, 6.07) is 8.78. The maximum atomic E-state index is 14.8. The number of amides is 9. The lowest BCUT2D eigenvalue weighted by atomic mass is 10.00. The molecule has 0 saturated carbocycles. The largest absolute Gasteiger partial charge is 0.370 e. The van der Waals surface area contributed by atoms with Crippen molar-refractivity contribution in [2.45, 2.75) is 140 Å². The van der Waals surface area contributed by atoms with Gasteiger partial charge < -0.3 is 64.3 Å². The van der Waals surface area contributed by atoms with E-state index in [0.29, 0.717) is 30.4 Å². The van der Waals surface area contributed by atoms with Crippen LogP contribution in [0, 0.1) is 17.0 Å². The molecule has 5 rings (SSSR count). The Balaban J connectivity index is 1.57. The Hall–Kier alpha value is -8.44. The van der Waals surface area contributed by atoms with Gasteiger partial charge in [-0.15, -0.1) is 0 Å². The molecular formula is C54H71F2N13O9. The van der Waals surface area contributed by atoms with Crippen LogP contribution in [-0.4, -0.2) is 119 Å². The van der Waals surface area contributed by atoms with Gasteiger partial charge in [0.25, 0.3) is 0 Å². The molecule has 2 heterocycles. The number of unbranched alkanes of at least 4 members (excludes halogenated alkanes) is 1. The molecule has 420 valence electrons. The van der Waals surface area contributed by atoms with Crippen molar-refractivity contribution < 1.29 is 51.9 Å². The fourth-order valence-electron chi connectivity index (χ4n) is 8.87. The normalized spacial score (nSPS) is 21.0. The average Bonchev–Trinajstić information content (AvgIpc) is 3.86. The summed E-state index contributed by atoms with van der Waals surface area (Å²) in [4.78, 5) is 128. The highest BCUT2D eigenvalue weighted by Gasteiger charge is 2.35. The van der Waals surface area contributed by atoms with Crippen LogP contribution in [0.25, 0.3) is 10.9 Å². The topological polar surface area (TPSA) is 354 Å². The molecule has 0 aliphatic carbocycles. The number of primary amides is 1. The third kappa shape index (κ3) is 19.3. The second kappa shape index (κ2) is 30.3. The summed E-state index contributed by atoms with van der Waals surface area (Å²) in [6.45, 7) is 3.27. The molecule has 0 bridgehead atoms. The van der Waals surface area contributed by atoms with E-state index in [1.165, 1.54) is 13.0 Å². The number of aromatic amines is 1. The number of hydrogen-bond donors (Lipinski definition) is 13. The van der Waals surface area contributed by atoms with Crippen molar-refractivity contribution in [3.63, 3.8) is 0 Å². The molecule has 0 unspecified atom stereocenters. The van der Waals surface area contributed by atoms with E-state index in [9.17, 15) is 51.9 Å². The van der Waals surface area contributed by atoms with Gasteiger partial charge in [-0.3, -0.25) is 48.6 Å². The Morgan fingerprint density at radius 2 is 1.35 bits per heavy atom. The Bertz CT molecular complexity index is 2760. The SMILES string of the molecule is CCCC[C@H](NC(C)=O)C(=O)N[C@H]1CCC(=O)NCCCC[C@@H](C(N)=O)NC(=O)[C@H](Cc2c[nH]c3ccccc23)NC(=O)[C@H](CCCNC(=N)N)NC(=O)[C@@H](Cc2ccccc2)NC(=O)[C@H](Cc2ccc(F)c(F)c2)NC1=O. The molecule has 7 atom stereocenters. The molecule has 4 aromatic rings. The van der Waals surface area contributed by atoms with E-state index in [0.717, 1.165) is 23.0 Å². The molecule has 0 radical (unpaired) electrons. The predicted octanol–water partition coefficient (Wildman–Crippen LogP) is 0.907. The van der Waals surface area contributed by atoms with Crippen molar-refractivity contribution in [2.24, 2.45) is 11.5 Å². The number of nitrogens with one attached hydrogen (secondary N) is 11. The van der Waals surface area contributed by atoms with Crippen molar-refractivity contribution in [1.82, 2.24) is 52.8 Å². The summed E-state index contributed by atoms with van der Waals surface area (Å²) in [6.07, 6.45) is 2.26. The molecule has 22 nitrogen and oxygen atoms in total. The highest BCUT2D eigenvalue weighted by Crippen LogP contribution is 2.20. The van der Waals surface area contributed by atoms with Gasteiger partial charge in [-0.05, 0) is 79.8 Å². The Kier molecular flexibility index (Phi) is 23.5. The van der Waals surface area contributed by atoms with Gasteiger partial charge in [-0.25, -0.2) is 8.78 Å². The maximum absolute atomic E-state index is 14.8. The van der Waals surface area contributed by atoms with Gasteiger partial charge in [-0.2, -0.15) is 0 Å². The number of para-hydroxylation sites is 1. The van der Waals surface area contributed by atoms with E-state index in [-0.39, 0.29) is 82.4 Å². The van der Waals surface area contributed by atoms with Gasteiger partial charge in [0.1, 0.15) is 42.3 Å². The second-order valence-corrected chi connectivity index (χ2v) is 19.2. The lowest BCUT2D eigenvalue weighted by Crippen LogP contribution is -2.61. The fourth-order valence-corrected chi connectivity index (χ4v) is 8.87. The molecule has 3 aromatic carbocycles. The maximum Gasteiger partial charge on any atom is 0.243 e. The fraction of sp³-hybridized carbons (Fsp3) is 0.444. The van der Waals surface area contributed by atoms with Crippen LogP contribution in [0.1, 0.15) is 94.7 Å². The lowest BCUT2D eigenvalue weighted by Gasteiger charge is -2.28. The van der Waals surface area contributed by atoms with E-state index in [1.54, 1.807) is 42.6 Å². The number of guanidine groups is 1. The standard InChI is InChI=1S/C54H71F2N13O9/c1-3-4-16-40(63-31(2)70)48(73)66-42-22-23-46(71)60-24-11-10-18-39(47(57)72)64-53(78)45(29-34-30-62-38-17-9-8-15-35(34)38)69-49(74)41(19-12-25-61-54(58)59)65-51(76)43(27-32-13-6-5-7-14-32)68-52(77)44(67-50(42)75)28-33-20-21-36(55)37(56)26-33/h5-9,13-15,17,20-21,26,30,39-45,62H,3-4,10-12,16,18-19,22-25,27-29H2,1-2H3,(H2,57,72)(H,60,71)(H,63,70)(H,64,78)(H,65,76)(H,66,73)(H,67,75)(H,68,77)(H,69,74)(H4,58,59,61)/t39-,40-,41-,42-,43+,44-,45-/m0/s1. The van der Waals surface area contributed by atoms with Crippen molar-refractivity contribution in [3.05, 3.63) is 107 Å². The van der Waals surface area contributed by atoms with Gasteiger partial charge in [0.15, 0.2) is 17.6 Å². The van der Waals surface area contributed by atoms with Crippen molar-refractivity contribution >= 4 is 70.0 Å². The minimum atomic E-state index is -1.66. The first-order valence-electron chi connectivity index (χ1n) is 26.1. The van der Waals surface area contributed by atoms with Crippen LogP contribution < -0.4 is 59.3 Å². The first kappa shape index (κ1) is 60.4. The minimum absolute atomic E-state index is 0.0363. The van der Waals surface area contributed by atoms with Gasteiger partial charge >= 0.3 is 0 Å². The zero-order chi connectivity index (χ0) is 56.7. The molecule has 24 heteroatoms. The smallest absolute Gasteiger partial charge is 0.243 e. The van der Waals surface area contributed by atoms with Crippen LogP contribution in [0.5, 0.6) is 0 Å². The van der Waals surface area contributed by atoms with Crippen molar-refractivity contribution in [1.29, 1.82) is 5.41 Å². The molecule has 1 fully saturated rings. The lowest BCUT2D eigenvalue weighted by molar-refractivity contribution is -0.136. The van der Waals surface area contributed by atoms with Crippen LogP contribution in [-0.2, 0) is 62.4 Å². The van der Waals surface area contributed by atoms with E-state index >= 15 is 0 Å². The number of carbonyl (C=O) groups is 9. The number of H-pyrrole nitrogens is 1. The van der Waals surface area contributed by atoms with Gasteiger partial charge in [0.2, 0.25) is 53.2 Å². The van der Waals surface area contributed by atoms with Crippen LogP contribution in [0.2, 0.25) is 0 Å². The molecule has 1 aliphatic heterocycles. The quantitative estimate of drug-likeness (QED) is 0.0400. The summed E-state index contributed by atoms with van der Waals surface area (Å²) in [7, 11) is 0. The highest BCUT2D eigenvalue weighted by molar-refractivity contribution is 5.98. The predicted molar refractivity (Wildman–Crippen MR) is 285 cm³/mol. The first-order chi connectivity index (χ1) is 37.3. The summed E-state index contributed by atoms with van der Waals surface area (Å²) < 4.78 is 29.0.